The molecule has 0 radical (unpaired) electrons. The second kappa shape index (κ2) is 8.52. The van der Waals surface area contributed by atoms with E-state index in [4.69, 9.17) is 0 Å². The number of likely N-dealkylation sites (tertiary alicyclic amines) is 1. The number of benzene rings is 1. The smallest absolute Gasteiger partial charge is 0.319 e. The molecule has 3 amide bonds. The number of anilines is 1. The minimum absolute atomic E-state index is 0.0771. The molecule has 2 aliphatic heterocycles. The van der Waals surface area contributed by atoms with Gasteiger partial charge in [-0.25, -0.2) is 4.79 Å². The van der Waals surface area contributed by atoms with Crippen molar-refractivity contribution in [2.24, 2.45) is 11.8 Å². The van der Waals surface area contributed by atoms with Crippen LogP contribution in [0.4, 0.5) is 10.5 Å². The second-order valence-electron chi connectivity index (χ2n) is 8.67. The molecule has 0 bridgehead atoms. The Morgan fingerprint density at radius 1 is 1.07 bits per heavy atom. The number of carbonyl (C=O) groups excluding carboxylic acids is 2. The van der Waals surface area contributed by atoms with Crippen LogP contribution in [0.15, 0.2) is 18.2 Å². The first-order valence-electron chi connectivity index (χ1n) is 10.8. The largest absolute Gasteiger partial charge is 0.339 e. The molecule has 2 saturated heterocycles. The van der Waals surface area contributed by atoms with Gasteiger partial charge < -0.3 is 20.9 Å². The maximum absolute atomic E-state index is 12.9. The van der Waals surface area contributed by atoms with Gasteiger partial charge >= 0.3 is 6.03 Å². The first-order chi connectivity index (χ1) is 13.6. The number of piperidine rings is 1. The Balaban J connectivity index is 1.36. The molecule has 1 aliphatic carbocycles. The Morgan fingerprint density at radius 3 is 2.68 bits per heavy atom. The van der Waals surface area contributed by atoms with E-state index >= 15 is 0 Å². The maximum Gasteiger partial charge on any atom is 0.319 e. The third-order valence-electron chi connectivity index (χ3n) is 6.66. The van der Waals surface area contributed by atoms with Crippen molar-refractivity contribution in [2.75, 3.05) is 31.5 Å². The maximum atomic E-state index is 12.9. The Bertz CT molecular complexity index is 729. The average Bonchev–Trinajstić information content (AvgIpc) is 3.17. The molecule has 3 N–H and O–H groups in total. The minimum atomic E-state index is -0.172. The van der Waals surface area contributed by atoms with Crippen molar-refractivity contribution in [1.29, 1.82) is 0 Å². The van der Waals surface area contributed by atoms with Crippen LogP contribution in [0.25, 0.3) is 0 Å². The van der Waals surface area contributed by atoms with Crippen LogP contribution in [-0.2, 0) is 0 Å². The molecule has 3 aliphatic rings. The molecule has 152 valence electrons. The first kappa shape index (κ1) is 19.2. The summed E-state index contributed by atoms with van der Waals surface area (Å²) in [5.41, 5.74) is 2.32. The van der Waals surface area contributed by atoms with Crippen molar-refractivity contribution < 1.29 is 9.59 Å². The Hall–Kier alpha value is -2.08. The summed E-state index contributed by atoms with van der Waals surface area (Å²) in [6.45, 7) is 5.81. The third-order valence-corrected chi connectivity index (χ3v) is 6.66. The fourth-order valence-electron chi connectivity index (χ4n) is 4.98. The van der Waals surface area contributed by atoms with Crippen LogP contribution in [0.2, 0.25) is 0 Å². The number of nitrogens with zero attached hydrogens (tertiary/aromatic N) is 1. The highest BCUT2D eigenvalue weighted by Crippen LogP contribution is 2.32. The zero-order valence-electron chi connectivity index (χ0n) is 16.8. The van der Waals surface area contributed by atoms with Crippen molar-refractivity contribution in [2.45, 2.75) is 51.5 Å². The van der Waals surface area contributed by atoms with E-state index in [1.807, 2.05) is 30.0 Å². The summed E-state index contributed by atoms with van der Waals surface area (Å²) in [6, 6.07) is 5.68. The molecule has 3 atom stereocenters. The first-order valence-corrected chi connectivity index (χ1v) is 10.8. The summed E-state index contributed by atoms with van der Waals surface area (Å²) >= 11 is 0. The molecule has 6 heteroatoms. The average molecular weight is 385 g/mol. The van der Waals surface area contributed by atoms with E-state index in [0.29, 0.717) is 17.2 Å². The fourth-order valence-corrected chi connectivity index (χ4v) is 4.98. The number of fused-ring (bicyclic) bond motifs is 1. The van der Waals surface area contributed by atoms with E-state index in [2.05, 4.69) is 16.0 Å². The Labute approximate surface area is 167 Å². The van der Waals surface area contributed by atoms with Gasteiger partial charge in [0.25, 0.3) is 5.91 Å². The van der Waals surface area contributed by atoms with Gasteiger partial charge in [-0.05, 0) is 88.1 Å². The highest BCUT2D eigenvalue weighted by atomic mass is 16.2. The Morgan fingerprint density at radius 2 is 1.86 bits per heavy atom. The molecule has 0 spiro atoms. The fraction of sp³-hybridized carbons (Fsp3) is 0.636. The predicted molar refractivity (Wildman–Crippen MR) is 111 cm³/mol. The zero-order chi connectivity index (χ0) is 19.5. The topological polar surface area (TPSA) is 73.5 Å². The molecule has 3 fully saturated rings. The van der Waals surface area contributed by atoms with E-state index in [0.717, 1.165) is 63.3 Å². The van der Waals surface area contributed by atoms with Gasteiger partial charge in [0.05, 0.1) is 0 Å². The minimum Gasteiger partial charge on any atom is -0.339 e. The van der Waals surface area contributed by atoms with Gasteiger partial charge in [0, 0.05) is 30.4 Å². The normalized spacial score (nSPS) is 27.2. The number of aryl methyl sites for hydroxylation is 1. The third kappa shape index (κ3) is 4.32. The summed E-state index contributed by atoms with van der Waals surface area (Å²) in [6.07, 6.45) is 6.62. The summed E-state index contributed by atoms with van der Waals surface area (Å²) in [5, 5.41) is 9.53. The molecule has 1 aromatic rings. The van der Waals surface area contributed by atoms with Crippen LogP contribution in [-0.4, -0.2) is 49.1 Å². The van der Waals surface area contributed by atoms with Gasteiger partial charge in [-0.15, -0.1) is 0 Å². The number of rotatable bonds is 3. The van der Waals surface area contributed by atoms with E-state index in [9.17, 15) is 9.59 Å². The molecule has 6 nitrogen and oxygen atoms in total. The lowest BCUT2D eigenvalue weighted by Gasteiger charge is -2.31. The molecular weight excluding hydrogens is 352 g/mol. The molecule has 1 aromatic carbocycles. The number of nitrogens with one attached hydrogen (secondary N) is 3. The van der Waals surface area contributed by atoms with E-state index < -0.39 is 0 Å². The molecule has 4 rings (SSSR count). The van der Waals surface area contributed by atoms with Gasteiger partial charge in [0.1, 0.15) is 0 Å². The van der Waals surface area contributed by atoms with Crippen LogP contribution in [0.3, 0.4) is 0 Å². The monoisotopic (exact) mass is 384 g/mol. The highest BCUT2D eigenvalue weighted by molar-refractivity contribution is 5.98. The number of hydrogen-bond donors (Lipinski definition) is 3. The molecule has 2 heterocycles. The number of amides is 3. The molecular formula is C22H32N4O2. The van der Waals surface area contributed by atoms with Crippen LogP contribution in [0.5, 0.6) is 0 Å². The zero-order valence-corrected chi connectivity index (χ0v) is 16.8. The van der Waals surface area contributed by atoms with Gasteiger partial charge in [-0.1, -0.05) is 6.07 Å². The Kier molecular flexibility index (Phi) is 5.85. The van der Waals surface area contributed by atoms with Crippen molar-refractivity contribution in [3.8, 4) is 0 Å². The van der Waals surface area contributed by atoms with Gasteiger partial charge in [0.15, 0.2) is 0 Å². The quantitative estimate of drug-likeness (QED) is 0.750. The van der Waals surface area contributed by atoms with Crippen molar-refractivity contribution >= 4 is 17.6 Å². The predicted octanol–water partition coefficient (Wildman–Crippen LogP) is 3.13. The van der Waals surface area contributed by atoms with Crippen LogP contribution < -0.4 is 16.0 Å². The second-order valence-corrected chi connectivity index (χ2v) is 8.67. The highest BCUT2D eigenvalue weighted by Gasteiger charge is 2.34. The summed E-state index contributed by atoms with van der Waals surface area (Å²) in [7, 11) is 0. The van der Waals surface area contributed by atoms with Crippen LogP contribution in [0.1, 0.15) is 54.4 Å². The molecule has 3 unspecified atom stereocenters. The lowest BCUT2D eigenvalue weighted by molar-refractivity contribution is 0.0723. The SMILES string of the molecule is Cc1ccc(NC(=O)NC2CCC3CNCC3C2)cc1C(=O)N1CCCCC1. The number of urea groups is 1. The lowest BCUT2D eigenvalue weighted by Crippen LogP contribution is -2.42. The summed E-state index contributed by atoms with van der Waals surface area (Å²) in [5.74, 6) is 1.54. The lowest BCUT2D eigenvalue weighted by atomic mass is 9.79. The summed E-state index contributed by atoms with van der Waals surface area (Å²) in [4.78, 5) is 27.3. The van der Waals surface area contributed by atoms with Crippen LogP contribution >= 0.6 is 0 Å². The van der Waals surface area contributed by atoms with Gasteiger partial charge in [-0.2, -0.15) is 0 Å². The van der Waals surface area contributed by atoms with Gasteiger partial charge in [-0.3, -0.25) is 4.79 Å². The number of carbonyl (C=O) groups is 2. The van der Waals surface area contributed by atoms with E-state index in [-0.39, 0.29) is 18.0 Å². The van der Waals surface area contributed by atoms with E-state index in [1.165, 1.54) is 12.8 Å². The standard InChI is InChI=1S/C22H32N4O2/c1-15-5-7-19(12-20(15)21(27)26-9-3-2-4-10-26)25-22(28)24-18-8-6-16-13-23-14-17(16)11-18/h5,7,12,16-18,23H,2-4,6,8-11,13-14H2,1H3,(H2,24,25,28). The van der Waals surface area contributed by atoms with Crippen LogP contribution in [0, 0.1) is 18.8 Å². The van der Waals surface area contributed by atoms with Crippen molar-refractivity contribution in [3.05, 3.63) is 29.3 Å². The summed E-state index contributed by atoms with van der Waals surface area (Å²) < 4.78 is 0. The number of hydrogen-bond acceptors (Lipinski definition) is 3. The van der Waals surface area contributed by atoms with Crippen molar-refractivity contribution in [3.63, 3.8) is 0 Å². The molecule has 1 saturated carbocycles. The van der Waals surface area contributed by atoms with E-state index in [1.54, 1.807) is 0 Å². The van der Waals surface area contributed by atoms with Gasteiger partial charge in [0.2, 0.25) is 0 Å². The molecule has 28 heavy (non-hydrogen) atoms. The molecule has 0 aromatic heterocycles. The van der Waals surface area contributed by atoms with Crippen molar-refractivity contribution in [1.82, 2.24) is 15.5 Å².